The number of benzene rings is 3. The zero-order valence-corrected chi connectivity index (χ0v) is 20.1. The van der Waals surface area contributed by atoms with Gasteiger partial charge in [0, 0.05) is 34.6 Å². The van der Waals surface area contributed by atoms with E-state index in [0.717, 1.165) is 63.0 Å². The molecular weight excluding hydrogens is 456 g/mol. The molecule has 2 heterocycles. The lowest BCUT2D eigenvalue weighted by Gasteiger charge is -2.12. The van der Waals surface area contributed by atoms with Crippen molar-refractivity contribution in [2.24, 2.45) is 0 Å². The van der Waals surface area contributed by atoms with Crippen LogP contribution in [0.15, 0.2) is 77.4 Å². The Balaban J connectivity index is 1.21. The molecule has 0 saturated heterocycles. The van der Waals surface area contributed by atoms with Crippen LogP contribution in [-0.4, -0.2) is 34.0 Å². The van der Waals surface area contributed by atoms with Crippen LogP contribution in [-0.2, 0) is 17.8 Å². The van der Waals surface area contributed by atoms with Crippen LogP contribution in [0.1, 0.15) is 25.3 Å². The molecule has 7 heteroatoms. The fourth-order valence-electron chi connectivity index (χ4n) is 4.45. The highest BCUT2D eigenvalue weighted by Crippen LogP contribution is 2.35. The Morgan fingerprint density at radius 2 is 1.86 bits per heavy atom. The Labute approximate surface area is 208 Å². The van der Waals surface area contributed by atoms with Crippen molar-refractivity contribution >= 4 is 27.8 Å². The van der Waals surface area contributed by atoms with E-state index in [1.165, 1.54) is 0 Å². The van der Waals surface area contributed by atoms with Gasteiger partial charge in [0.15, 0.2) is 5.58 Å². The van der Waals surface area contributed by atoms with Crippen LogP contribution in [0.3, 0.4) is 0 Å². The largest absolute Gasteiger partial charge is 0.493 e. The predicted molar refractivity (Wildman–Crippen MR) is 139 cm³/mol. The molecule has 0 unspecified atom stereocenters. The molecule has 0 spiro atoms. The van der Waals surface area contributed by atoms with E-state index in [2.05, 4.69) is 12.1 Å². The van der Waals surface area contributed by atoms with Crippen LogP contribution in [0, 0.1) is 0 Å². The van der Waals surface area contributed by atoms with Gasteiger partial charge in [-0.2, -0.15) is 0 Å². The second kappa shape index (κ2) is 10.6. The second-order valence-electron chi connectivity index (χ2n) is 8.67. The van der Waals surface area contributed by atoms with Gasteiger partial charge in [-0.3, -0.25) is 4.79 Å². The molecule has 0 aliphatic heterocycles. The molecule has 36 heavy (non-hydrogen) atoms. The van der Waals surface area contributed by atoms with E-state index >= 15 is 0 Å². The highest BCUT2D eigenvalue weighted by Gasteiger charge is 2.17. The van der Waals surface area contributed by atoms with Crippen LogP contribution >= 0.6 is 0 Å². The number of carbonyl (C=O) groups is 1. The van der Waals surface area contributed by atoms with Gasteiger partial charge in [-0.25, -0.2) is 0 Å². The first-order valence-electron chi connectivity index (χ1n) is 12.2. The molecule has 5 aromatic rings. The lowest BCUT2D eigenvalue weighted by molar-refractivity contribution is -0.137. The van der Waals surface area contributed by atoms with E-state index in [1.807, 2.05) is 66.7 Å². The van der Waals surface area contributed by atoms with Crippen molar-refractivity contribution in [2.45, 2.75) is 32.7 Å². The minimum atomic E-state index is -0.867. The molecule has 0 radical (unpaired) electrons. The standard InChI is InChI=1S/C29H28N2O5/c1-2-7-23-26(13-11-24-28(30-36-29(23)24)20-8-4-3-5-9-20)35-17-6-16-34-22-10-12-25-21(18-22)14-15-31(25)19-27(32)33/h3-5,8-15,18H,2,6-7,16-17,19H2,1H3,(H,32,33). The summed E-state index contributed by atoms with van der Waals surface area (Å²) in [6.07, 6.45) is 4.30. The third-order valence-electron chi connectivity index (χ3n) is 6.11. The normalized spacial score (nSPS) is 11.2. The molecule has 184 valence electrons. The Kier molecular flexibility index (Phi) is 6.89. The summed E-state index contributed by atoms with van der Waals surface area (Å²) in [4.78, 5) is 11.0. The molecule has 0 aliphatic carbocycles. The number of ether oxygens (including phenoxy) is 2. The predicted octanol–water partition coefficient (Wildman–Crippen LogP) is 6.33. The molecule has 5 rings (SSSR count). The summed E-state index contributed by atoms with van der Waals surface area (Å²) in [5.41, 5.74) is 4.57. The highest BCUT2D eigenvalue weighted by molar-refractivity contribution is 5.94. The fourth-order valence-corrected chi connectivity index (χ4v) is 4.45. The number of carboxylic acids is 1. The smallest absolute Gasteiger partial charge is 0.323 e. The van der Waals surface area contributed by atoms with Crippen molar-refractivity contribution in [1.82, 2.24) is 9.72 Å². The molecule has 0 aliphatic rings. The minimum absolute atomic E-state index is 0.0610. The van der Waals surface area contributed by atoms with Gasteiger partial charge in [0.25, 0.3) is 0 Å². The molecular formula is C29H28N2O5. The molecule has 3 aromatic carbocycles. The second-order valence-corrected chi connectivity index (χ2v) is 8.67. The third kappa shape index (κ3) is 4.91. The highest BCUT2D eigenvalue weighted by atomic mass is 16.5. The van der Waals surface area contributed by atoms with E-state index in [0.29, 0.717) is 19.6 Å². The zero-order valence-electron chi connectivity index (χ0n) is 20.1. The number of hydrogen-bond acceptors (Lipinski definition) is 5. The van der Waals surface area contributed by atoms with Crippen LogP contribution in [0.25, 0.3) is 33.1 Å². The van der Waals surface area contributed by atoms with E-state index in [1.54, 1.807) is 10.8 Å². The summed E-state index contributed by atoms with van der Waals surface area (Å²) in [6.45, 7) is 3.10. The maximum atomic E-state index is 11.0. The lowest BCUT2D eigenvalue weighted by atomic mass is 10.0. The summed E-state index contributed by atoms with van der Waals surface area (Å²) >= 11 is 0. The van der Waals surface area contributed by atoms with Crippen molar-refractivity contribution in [3.8, 4) is 22.8 Å². The molecule has 0 saturated carbocycles. The van der Waals surface area contributed by atoms with Crippen molar-refractivity contribution < 1.29 is 23.9 Å². The third-order valence-corrected chi connectivity index (χ3v) is 6.11. The molecule has 7 nitrogen and oxygen atoms in total. The summed E-state index contributed by atoms with van der Waals surface area (Å²) in [7, 11) is 0. The molecule has 2 aromatic heterocycles. The number of aromatic nitrogens is 2. The number of aryl methyl sites for hydroxylation is 1. The van der Waals surface area contributed by atoms with Crippen molar-refractivity contribution in [1.29, 1.82) is 0 Å². The zero-order chi connectivity index (χ0) is 24.9. The van der Waals surface area contributed by atoms with Crippen LogP contribution < -0.4 is 9.47 Å². The summed E-state index contributed by atoms with van der Waals surface area (Å²) in [5, 5.41) is 15.3. The van der Waals surface area contributed by atoms with Crippen molar-refractivity contribution in [3.05, 3.63) is 78.5 Å². The van der Waals surface area contributed by atoms with Gasteiger partial charge in [-0.15, -0.1) is 0 Å². The van der Waals surface area contributed by atoms with Gasteiger partial charge >= 0.3 is 5.97 Å². The van der Waals surface area contributed by atoms with E-state index in [9.17, 15) is 4.79 Å². The first-order valence-corrected chi connectivity index (χ1v) is 12.2. The maximum Gasteiger partial charge on any atom is 0.323 e. The fraction of sp³-hybridized carbons (Fsp3) is 0.241. The molecule has 0 fully saturated rings. The molecule has 0 bridgehead atoms. The SMILES string of the molecule is CCCc1c(OCCCOc2ccc3c(ccn3CC(=O)O)c2)ccc2c(-c3ccccc3)noc12. The van der Waals surface area contributed by atoms with Gasteiger partial charge in [-0.05, 0) is 42.8 Å². The maximum absolute atomic E-state index is 11.0. The number of rotatable bonds is 11. The summed E-state index contributed by atoms with van der Waals surface area (Å²) in [5.74, 6) is 0.703. The average Bonchev–Trinajstić information content (AvgIpc) is 3.49. The lowest BCUT2D eigenvalue weighted by Crippen LogP contribution is -2.07. The van der Waals surface area contributed by atoms with Gasteiger partial charge in [0.2, 0.25) is 0 Å². The van der Waals surface area contributed by atoms with Crippen molar-refractivity contribution in [3.63, 3.8) is 0 Å². The molecule has 0 atom stereocenters. The van der Waals surface area contributed by atoms with Gasteiger partial charge in [0.05, 0.1) is 18.6 Å². The van der Waals surface area contributed by atoms with Crippen LogP contribution in [0.2, 0.25) is 0 Å². The van der Waals surface area contributed by atoms with E-state index < -0.39 is 5.97 Å². The number of aliphatic carboxylic acids is 1. The van der Waals surface area contributed by atoms with Crippen molar-refractivity contribution in [2.75, 3.05) is 13.2 Å². The van der Waals surface area contributed by atoms with Gasteiger partial charge in [-0.1, -0.05) is 48.8 Å². The Morgan fingerprint density at radius 1 is 1.03 bits per heavy atom. The summed E-state index contributed by atoms with van der Waals surface area (Å²) < 4.78 is 19.5. The first-order chi connectivity index (χ1) is 17.6. The van der Waals surface area contributed by atoms with Gasteiger partial charge < -0.3 is 23.7 Å². The van der Waals surface area contributed by atoms with Crippen LogP contribution in [0.5, 0.6) is 11.5 Å². The Hall–Kier alpha value is -4.26. The number of nitrogens with zero attached hydrogens (tertiary/aromatic N) is 2. The average molecular weight is 485 g/mol. The monoisotopic (exact) mass is 484 g/mol. The van der Waals surface area contributed by atoms with Gasteiger partial charge in [0.1, 0.15) is 23.7 Å². The quantitative estimate of drug-likeness (QED) is 0.220. The molecule has 1 N–H and O–H groups in total. The topological polar surface area (TPSA) is 86.7 Å². The van der Waals surface area contributed by atoms with E-state index in [4.69, 9.17) is 19.1 Å². The number of fused-ring (bicyclic) bond motifs is 2. The van der Waals surface area contributed by atoms with Crippen LogP contribution in [0.4, 0.5) is 0 Å². The van der Waals surface area contributed by atoms with E-state index in [-0.39, 0.29) is 6.54 Å². The summed E-state index contributed by atoms with van der Waals surface area (Å²) in [6, 6.07) is 21.6. The number of carboxylic acid groups (broad SMARTS) is 1. The molecule has 0 amide bonds. The minimum Gasteiger partial charge on any atom is -0.493 e. The Bertz CT molecular complexity index is 1490. The first kappa shape index (κ1) is 23.5. The Morgan fingerprint density at radius 3 is 2.67 bits per heavy atom. The number of hydrogen-bond donors (Lipinski definition) is 1.